The summed E-state index contributed by atoms with van der Waals surface area (Å²) in [4.78, 5) is 15.7. The Kier molecular flexibility index (Phi) is 9.29. The van der Waals surface area contributed by atoms with Gasteiger partial charge >= 0.3 is 0 Å². The quantitative estimate of drug-likeness (QED) is 0.332. The fourth-order valence-corrected chi connectivity index (χ4v) is 6.17. The van der Waals surface area contributed by atoms with Crippen LogP contribution in [0.2, 0.25) is 10.0 Å². The largest absolute Gasteiger partial charge is 0.394 e. The lowest BCUT2D eigenvalue weighted by atomic mass is 9.91. The van der Waals surface area contributed by atoms with Crippen molar-refractivity contribution in [2.24, 2.45) is 0 Å². The molecular weight excluding hydrogens is 611 g/mol. The molecule has 2 heterocycles. The number of benzene rings is 2. The van der Waals surface area contributed by atoms with Crippen LogP contribution in [0.5, 0.6) is 0 Å². The SMILES string of the molecule is CO[C@@H]1[C@@H](n2cc(-c3cc(F)c(F)c(Cl)c3)nn2)[C@@H](O)[C@@H](CO)O[C@H]1C(=O)N(c1cc(Cl)cc(C#N)c1)[C@@H]1CCC[C@H]1O. The standard InChI is InChI=1S/C28H27Cl2F2N5O6/c1-42-26-24(36-11-19(34-35-36)14-7-17(30)23(32)18(31)8-14)25(40)22(12-38)43-27(26)28(41)37(20-3-2-4-21(20)39)16-6-13(10-33)5-15(29)9-16/h5-9,11,20-22,24-27,38-40H,2-4,12H2,1H3/t20-,21-,22-,24+,25+,26-,27-/m1/s1. The van der Waals surface area contributed by atoms with Gasteiger partial charge in [-0.15, -0.1) is 5.10 Å². The van der Waals surface area contributed by atoms with Crippen molar-refractivity contribution in [3.05, 3.63) is 63.8 Å². The molecule has 1 saturated carbocycles. The minimum Gasteiger partial charge on any atom is -0.394 e. The molecule has 2 aromatic carbocycles. The number of rotatable bonds is 7. The van der Waals surface area contributed by atoms with Gasteiger partial charge in [0, 0.05) is 23.4 Å². The molecule has 5 rings (SSSR count). The van der Waals surface area contributed by atoms with Gasteiger partial charge in [-0.1, -0.05) is 28.4 Å². The number of ether oxygens (including phenoxy) is 2. The van der Waals surface area contributed by atoms with Crippen molar-refractivity contribution < 1.29 is 38.4 Å². The zero-order valence-corrected chi connectivity index (χ0v) is 24.2. The molecule has 3 aromatic rings. The van der Waals surface area contributed by atoms with Crippen molar-refractivity contribution in [3.8, 4) is 17.3 Å². The van der Waals surface area contributed by atoms with E-state index in [0.717, 1.165) is 12.1 Å². The number of nitrogens with zero attached hydrogens (tertiary/aromatic N) is 5. The lowest BCUT2D eigenvalue weighted by Crippen LogP contribution is -2.62. The Morgan fingerprint density at radius 1 is 1.23 bits per heavy atom. The van der Waals surface area contributed by atoms with Gasteiger partial charge in [0.15, 0.2) is 17.7 Å². The first-order valence-electron chi connectivity index (χ1n) is 13.3. The zero-order chi connectivity index (χ0) is 31.0. The summed E-state index contributed by atoms with van der Waals surface area (Å²) >= 11 is 12.1. The van der Waals surface area contributed by atoms with Gasteiger partial charge in [0.05, 0.1) is 41.6 Å². The molecule has 1 saturated heterocycles. The number of methoxy groups -OCH3 is 1. The number of aliphatic hydroxyl groups excluding tert-OH is 3. The highest BCUT2D eigenvalue weighted by molar-refractivity contribution is 6.31. The topological polar surface area (TPSA) is 154 Å². The molecule has 0 bridgehead atoms. The Morgan fingerprint density at radius 2 is 2.00 bits per heavy atom. The van der Waals surface area contributed by atoms with Gasteiger partial charge in [-0.25, -0.2) is 13.5 Å². The maximum atomic E-state index is 14.4. The number of aliphatic hydroxyl groups is 3. The Labute approximate surface area is 254 Å². The number of halogens is 4. The summed E-state index contributed by atoms with van der Waals surface area (Å²) < 4.78 is 40.6. The normalized spacial score (nSPS) is 27.2. The van der Waals surface area contributed by atoms with Gasteiger partial charge in [-0.2, -0.15) is 5.26 Å². The van der Waals surface area contributed by atoms with E-state index in [0.29, 0.717) is 19.3 Å². The van der Waals surface area contributed by atoms with E-state index in [4.69, 9.17) is 32.7 Å². The predicted octanol–water partition coefficient (Wildman–Crippen LogP) is 3.03. The minimum absolute atomic E-state index is 0.0800. The number of carbonyl (C=O) groups is 1. The van der Waals surface area contributed by atoms with Crippen molar-refractivity contribution in [3.63, 3.8) is 0 Å². The van der Waals surface area contributed by atoms with Crippen molar-refractivity contribution in [2.45, 2.75) is 61.9 Å². The van der Waals surface area contributed by atoms with E-state index in [1.54, 1.807) is 0 Å². The predicted molar refractivity (Wildman–Crippen MR) is 149 cm³/mol. The molecule has 11 nitrogen and oxygen atoms in total. The molecule has 1 aliphatic carbocycles. The number of hydrogen-bond acceptors (Lipinski definition) is 9. The third-order valence-corrected chi connectivity index (χ3v) is 8.27. The molecule has 0 unspecified atom stereocenters. The van der Waals surface area contributed by atoms with E-state index < -0.39 is 71.8 Å². The van der Waals surface area contributed by atoms with Crippen molar-refractivity contribution >= 4 is 34.8 Å². The summed E-state index contributed by atoms with van der Waals surface area (Å²) in [7, 11) is 1.29. The Bertz CT molecular complexity index is 1530. The van der Waals surface area contributed by atoms with Gasteiger partial charge in [-0.3, -0.25) is 4.79 Å². The van der Waals surface area contributed by atoms with E-state index in [1.807, 2.05) is 6.07 Å². The average Bonchev–Trinajstić information content (AvgIpc) is 3.64. The van der Waals surface area contributed by atoms with Crippen LogP contribution in [0, 0.1) is 23.0 Å². The van der Waals surface area contributed by atoms with Gasteiger partial charge in [0.2, 0.25) is 0 Å². The van der Waals surface area contributed by atoms with Gasteiger partial charge in [0.25, 0.3) is 5.91 Å². The zero-order valence-electron chi connectivity index (χ0n) is 22.6. The van der Waals surface area contributed by atoms with Crippen molar-refractivity contribution in [2.75, 3.05) is 18.6 Å². The first-order valence-corrected chi connectivity index (χ1v) is 14.1. The van der Waals surface area contributed by atoms with Crippen LogP contribution in [-0.2, 0) is 14.3 Å². The van der Waals surface area contributed by atoms with Crippen LogP contribution in [0.15, 0.2) is 36.5 Å². The molecule has 1 aliphatic heterocycles. The maximum absolute atomic E-state index is 14.4. The number of anilines is 1. The second-order valence-corrected chi connectivity index (χ2v) is 11.2. The summed E-state index contributed by atoms with van der Waals surface area (Å²) in [6, 6.07) is 6.60. The summed E-state index contributed by atoms with van der Waals surface area (Å²) in [6.07, 6.45) is -3.42. The molecule has 43 heavy (non-hydrogen) atoms. The molecule has 7 atom stereocenters. The number of aromatic nitrogens is 3. The van der Waals surface area contributed by atoms with E-state index in [-0.39, 0.29) is 27.5 Å². The number of carbonyl (C=O) groups excluding carboxylic acids is 1. The third-order valence-electron chi connectivity index (χ3n) is 7.78. The van der Waals surface area contributed by atoms with Gasteiger partial charge in [-0.05, 0) is 49.6 Å². The molecule has 0 spiro atoms. The Balaban J connectivity index is 1.55. The van der Waals surface area contributed by atoms with E-state index >= 15 is 0 Å². The molecular formula is C28H27Cl2F2N5O6. The Hall–Kier alpha value is -3.22. The van der Waals surface area contributed by atoms with Crippen LogP contribution in [0.25, 0.3) is 11.3 Å². The molecule has 1 aromatic heterocycles. The van der Waals surface area contributed by atoms with Crippen molar-refractivity contribution in [1.82, 2.24) is 15.0 Å². The molecule has 15 heteroatoms. The van der Waals surface area contributed by atoms with Crippen LogP contribution >= 0.6 is 23.2 Å². The molecule has 2 fully saturated rings. The fraction of sp³-hybridized carbons (Fsp3) is 0.429. The Morgan fingerprint density at radius 3 is 2.63 bits per heavy atom. The molecule has 228 valence electrons. The second kappa shape index (κ2) is 12.8. The van der Waals surface area contributed by atoms with Gasteiger partial charge < -0.3 is 29.7 Å². The first kappa shape index (κ1) is 31.2. The summed E-state index contributed by atoms with van der Waals surface area (Å²) in [5.74, 6) is -3.09. The fourth-order valence-electron chi connectivity index (χ4n) is 5.74. The highest BCUT2D eigenvalue weighted by Gasteiger charge is 2.52. The van der Waals surface area contributed by atoms with E-state index in [2.05, 4.69) is 10.3 Å². The van der Waals surface area contributed by atoms with Crippen LogP contribution in [-0.4, -0.2) is 86.5 Å². The number of hydrogen-bond donors (Lipinski definition) is 3. The molecule has 2 aliphatic rings. The maximum Gasteiger partial charge on any atom is 0.259 e. The van der Waals surface area contributed by atoms with Crippen molar-refractivity contribution in [1.29, 1.82) is 5.26 Å². The van der Waals surface area contributed by atoms with E-state index in [9.17, 15) is 34.2 Å². The lowest BCUT2D eigenvalue weighted by molar-refractivity contribution is -0.211. The summed E-state index contributed by atoms with van der Waals surface area (Å²) in [5, 5.41) is 49.4. The smallest absolute Gasteiger partial charge is 0.259 e. The summed E-state index contributed by atoms with van der Waals surface area (Å²) in [5.41, 5.74) is 0.624. The number of nitriles is 1. The van der Waals surface area contributed by atoms with Crippen LogP contribution in [0.3, 0.4) is 0 Å². The van der Waals surface area contributed by atoms with Crippen LogP contribution in [0.1, 0.15) is 30.9 Å². The number of amides is 1. The first-order chi connectivity index (χ1) is 20.6. The molecule has 0 radical (unpaired) electrons. The van der Waals surface area contributed by atoms with Crippen LogP contribution in [0.4, 0.5) is 14.5 Å². The van der Waals surface area contributed by atoms with Gasteiger partial charge in [0.1, 0.15) is 30.0 Å². The summed E-state index contributed by atoms with van der Waals surface area (Å²) in [6.45, 7) is -0.681. The lowest BCUT2D eigenvalue weighted by Gasteiger charge is -2.45. The minimum atomic E-state index is -1.45. The second-order valence-electron chi connectivity index (χ2n) is 10.4. The van der Waals surface area contributed by atoms with Crippen LogP contribution < -0.4 is 4.90 Å². The highest BCUT2D eigenvalue weighted by atomic mass is 35.5. The average molecular weight is 638 g/mol. The third kappa shape index (κ3) is 5.97. The van der Waals surface area contributed by atoms with E-state index in [1.165, 1.54) is 41.1 Å². The molecule has 3 N–H and O–H groups in total. The highest BCUT2D eigenvalue weighted by Crippen LogP contribution is 2.37. The monoisotopic (exact) mass is 637 g/mol. The molecule has 1 amide bonds.